The van der Waals surface area contributed by atoms with Crippen molar-refractivity contribution in [2.75, 3.05) is 0 Å². The lowest BCUT2D eigenvalue weighted by atomic mass is 9.86. The Kier molecular flexibility index (Phi) is 13.1. The number of hydrogen-bond acceptors (Lipinski definition) is 3. The van der Waals surface area contributed by atoms with Crippen LogP contribution in [-0.4, -0.2) is 15.0 Å². The Balaban J connectivity index is 0.923. The quantitative estimate of drug-likeness (QED) is 0.109. The second kappa shape index (κ2) is 21.2. The van der Waals surface area contributed by atoms with E-state index in [2.05, 4.69) is 240 Å². The fraction of sp³-hybridized carbons (Fsp3) is 0.0563. The van der Waals surface area contributed by atoms with E-state index >= 15 is 0 Å². The van der Waals surface area contributed by atoms with Gasteiger partial charge in [-0.1, -0.05) is 212 Å². The average Bonchev–Trinajstić information content (AvgIpc) is 3.49. The molecule has 0 saturated heterocycles. The average molecular weight is 948 g/mol. The maximum absolute atomic E-state index is 5.06. The summed E-state index contributed by atoms with van der Waals surface area (Å²) >= 11 is 0. The summed E-state index contributed by atoms with van der Waals surface area (Å²) in [6.07, 6.45) is 9.43. The molecule has 0 fully saturated rings. The second-order valence-corrected chi connectivity index (χ2v) is 19.1. The first-order valence-electron chi connectivity index (χ1n) is 25.6. The molecular weight excluding hydrogens is 895 g/mol. The third-order valence-electron chi connectivity index (χ3n) is 14.3. The smallest absolute Gasteiger partial charge is 0.0708 e. The van der Waals surface area contributed by atoms with Gasteiger partial charge in [-0.25, -0.2) is 0 Å². The van der Waals surface area contributed by atoms with Gasteiger partial charge in [-0.05, 0) is 151 Å². The standard InChI is InChI=1S/C71H53N3/c1-3-13-54(14-4-1)56-33-35-57(36-34-56)68-47-61(71-48-63-46-60(37-38-62(63)49-74-71)55-15-5-2-6-16-55)39-40-67(68)66-18-8-7-17-65(66)64-44-52(23-21-50-25-29-58(30-26-50)69-19-9-11-41-72-69)43-53(45-64)24-22-51-27-31-59(32-28-51)70-20-10-12-42-73-70/h1-20,25-49H,21-24H2. The van der Waals surface area contributed by atoms with Crippen molar-refractivity contribution < 1.29 is 0 Å². The molecule has 3 heterocycles. The van der Waals surface area contributed by atoms with Crippen LogP contribution in [0, 0.1) is 0 Å². The molecule has 12 aromatic rings. The first kappa shape index (κ1) is 45.8. The van der Waals surface area contributed by atoms with Crippen LogP contribution < -0.4 is 0 Å². The lowest BCUT2D eigenvalue weighted by Gasteiger charge is -2.18. The molecule has 0 amide bonds. The van der Waals surface area contributed by atoms with Crippen LogP contribution in [0.5, 0.6) is 0 Å². The minimum atomic E-state index is 0.921. The van der Waals surface area contributed by atoms with E-state index in [1.807, 2.05) is 42.9 Å². The number of hydrogen-bond donors (Lipinski definition) is 0. The van der Waals surface area contributed by atoms with Gasteiger partial charge in [-0.3, -0.25) is 15.0 Å². The molecule has 0 atom stereocenters. The zero-order chi connectivity index (χ0) is 49.5. The summed E-state index contributed by atoms with van der Waals surface area (Å²) in [6, 6.07) is 92.3. The second-order valence-electron chi connectivity index (χ2n) is 19.1. The Morgan fingerprint density at radius 2 is 0.689 bits per heavy atom. The maximum Gasteiger partial charge on any atom is 0.0708 e. The van der Waals surface area contributed by atoms with Crippen LogP contribution in [0.25, 0.3) is 100 Å². The van der Waals surface area contributed by atoms with Crippen LogP contribution in [0.1, 0.15) is 22.3 Å². The van der Waals surface area contributed by atoms with Crippen molar-refractivity contribution in [3.8, 4) is 89.4 Å². The van der Waals surface area contributed by atoms with E-state index in [0.29, 0.717) is 0 Å². The van der Waals surface area contributed by atoms with Crippen molar-refractivity contribution in [3.63, 3.8) is 0 Å². The highest BCUT2D eigenvalue weighted by Gasteiger charge is 2.17. The van der Waals surface area contributed by atoms with Gasteiger partial charge in [0.25, 0.3) is 0 Å². The Hall–Kier alpha value is -9.31. The highest BCUT2D eigenvalue weighted by Crippen LogP contribution is 2.42. The molecular formula is C71H53N3. The van der Waals surface area contributed by atoms with E-state index < -0.39 is 0 Å². The number of pyridine rings is 3. The number of aryl methyl sites for hydroxylation is 4. The van der Waals surface area contributed by atoms with Gasteiger partial charge in [0.1, 0.15) is 0 Å². The topological polar surface area (TPSA) is 38.7 Å². The lowest BCUT2D eigenvalue weighted by Crippen LogP contribution is -1.98. The van der Waals surface area contributed by atoms with Crippen molar-refractivity contribution >= 4 is 10.8 Å². The molecule has 0 bridgehead atoms. The molecule has 0 unspecified atom stereocenters. The zero-order valence-electron chi connectivity index (χ0n) is 41.2. The lowest BCUT2D eigenvalue weighted by molar-refractivity contribution is 0.931. The van der Waals surface area contributed by atoms with Crippen LogP contribution in [0.15, 0.2) is 273 Å². The third kappa shape index (κ3) is 10.2. The van der Waals surface area contributed by atoms with Crippen LogP contribution in [0.3, 0.4) is 0 Å². The van der Waals surface area contributed by atoms with Crippen molar-refractivity contribution in [1.82, 2.24) is 15.0 Å². The van der Waals surface area contributed by atoms with Crippen molar-refractivity contribution in [2.24, 2.45) is 0 Å². The molecule has 3 aromatic heterocycles. The van der Waals surface area contributed by atoms with Gasteiger partial charge >= 0.3 is 0 Å². The molecule has 3 nitrogen and oxygen atoms in total. The first-order valence-corrected chi connectivity index (χ1v) is 25.6. The number of aromatic nitrogens is 3. The van der Waals surface area contributed by atoms with E-state index in [1.165, 1.54) is 72.1 Å². The molecule has 0 aliphatic rings. The molecule has 0 radical (unpaired) electrons. The highest BCUT2D eigenvalue weighted by atomic mass is 14.7. The number of nitrogens with zero attached hydrogens (tertiary/aromatic N) is 3. The summed E-state index contributed by atoms with van der Waals surface area (Å²) in [5, 5.41) is 2.28. The van der Waals surface area contributed by atoms with Gasteiger partial charge in [0.05, 0.1) is 17.1 Å². The Morgan fingerprint density at radius 3 is 1.28 bits per heavy atom. The molecule has 0 aliphatic carbocycles. The van der Waals surface area contributed by atoms with E-state index in [9.17, 15) is 0 Å². The van der Waals surface area contributed by atoms with Crippen LogP contribution >= 0.6 is 0 Å². The van der Waals surface area contributed by atoms with Gasteiger partial charge in [0, 0.05) is 40.7 Å². The molecule has 9 aromatic carbocycles. The van der Waals surface area contributed by atoms with E-state index in [1.54, 1.807) is 0 Å². The summed E-state index contributed by atoms with van der Waals surface area (Å²) in [7, 11) is 0. The number of rotatable bonds is 14. The molecule has 0 spiro atoms. The third-order valence-corrected chi connectivity index (χ3v) is 14.3. The predicted octanol–water partition coefficient (Wildman–Crippen LogP) is 17.9. The number of benzene rings is 9. The normalized spacial score (nSPS) is 11.2. The van der Waals surface area contributed by atoms with E-state index in [-0.39, 0.29) is 0 Å². The molecule has 0 aliphatic heterocycles. The van der Waals surface area contributed by atoms with Crippen molar-refractivity contribution in [1.29, 1.82) is 0 Å². The Morgan fingerprint density at radius 1 is 0.216 bits per heavy atom. The fourth-order valence-electron chi connectivity index (χ4n) is 10.3. The Bertz CT molecular complexity index is 3730. The minimum Gasteiger partial charge on any atom is -0.256 e. The molecule has 12 rings (SSSR count). The molecule has 0 N–H and O–H groups in total. The highest BCUT2D eigenvalue weighted by molar-refractivity contribution is 5.95. The molecule has 74 heavy (non-hydrogen) atoms. The molecule has 352 valence electrons. The van der Waals surface area contributed by atoms with Gasteiger partial charge in [0.15, 0.2) is 0 Å². The van der Waals surface area contributed by atoms with Crippen molar-refractivity contribution in [3.05, 3.63) is 296 Å². The summed E-state index contributed by atoms with van der Waals surface area (Å²) in [4.78, 5) is 14.2. The van der Waals surface area contributed by atoms with Crippen LogP contribution in [-0.2, 0) is 25.7 Å². The van der Waals surface area contributed by atoms with Gasteiger partial charge in [-0.15, -0.1) is 0 Å². The molecule has 3 heteroatoms. The zero-order valence-corrected chi connectivity index (χ0v) is 41.2. The van der Waals surface area contributed by atoms with E-state index in [4.69, 9.17) is 4.98 Å². The predicted molar refractivity (Wildman–Crippen MR) is 309 cm³/mol. The maximum atomic E-state index is 5.06. The number of fused-ring (bicyclic) bond motifs is 1. The van der Waals surface area contributed by atoms with Gasteiger partial charge in [-0.2, -0.15) is 0 Å². The largest absolute Gasteiger partial charge is 0.256 e. The molecule has 0 saturated carbocycles. The van der Waals surface area contributed by atoms with Gasteiger partial charge in [0.2, 0.25) is 0 Å². The summed E-state index contributed by atoms with van der Waals surface area (Å²) in [5.41, 5.74) is 23.5. The van der Waals surface area contributed by atoms with Crippen LogP contribution in [0.4, 0.5) is 0 Å². The monoisotopic (exact) mass is 947 g/mol. The SMILES string of the molecule is c1ccc(-c2ccc(-c3cc(-c4cc5cc(-c6ccccc6)ccc5cn4)ccc3-c3ccccc3-c3cc(CCc4ccc(-c5ccccn5)cc4)cc(CCc4ccc(-c5ccccn5)cc4)c3)cc2)cc1. The van der Waals surface area contributed by atoms with Crippen LogP contribution in [0.2, 0.25) is 0 Å². The fourth-order valence-corrected chi connectivity index (χ4v) is 10.3. The first-order chi connectivity index (χ1) is 36.6. The Labute approximate surface area is 434 Å². The summed E-state index contributed by atoms with van der Waals surface area (Å²) < 4.78 is 0. The summed E-state index contributed by atoms with van der Waals surface area (Å²) in [6.45, 7) is 0. The van der Waals surface area contributed by atoms with Crippen molar-refractivity contribution in [2.45, 2.75) is 25.7 Å². The minimum absolute atomic E-state index is 0.921. The van der Waals surface area contributed by atoms with E-state index in [0.717, 1.165) is 76.0 Å². The summed E-state index contributed by atoms with van der Waals surface area (Å²) in [5.74, 6) is 0. The van der Waals surface area contributed by atoms with Gasteiger partial charge < -0.3 is 0 Å².